The molecule has 0 radical (unpaired) electrons. The normalized spacial score (nSPS) is 12.5. The van der Waals surface area contributed by atoms with Gasteiger partial charge in [0.25, 0.3) is 0 Å². The molecular formula is C10H26OSi2. The van der Waals surface area contributed by atoms with Crippen molar-refractivity contribution < 1.29 is 4.12 Å². The first kappa shape index (κ1) is 13.4. The fraction of sp³-hybridized carbons (Fsp3) is 1.00. The van der Waals surface area contributed by atoms with Gasteiger partial charge in [-0.05, 0) is 32.2 Å². The third-order valence-electron chi connectivity index (χ3n) is 2.19. The van der Waals surface area contributed by atoms with Gasteiger partial charge in [0.2, 0.25) is 0 Å². The number of unbranched alkanes of at least 4 members (excludes halogenated alkanes) is 3. The standard InChI is InChI=1S/C10H26OSi2/c1-6-7-8-9-10-13(4,5)11-12(2)3/h12H,6-10H2,1-5H3. The SMILES string of the molecule is CCCCCC[Si](C)(C)O[SiH](C)C. The Kier molecular flexibility index (Phi) is 7.00. The molecule has 0 unspecified atom stereocenters. The molecule has 80 valence electrons. The third-order valence-corrected chi connectivity index (χ3v) is 8.18. The van der Waals surface area contributed by atoms with Crippen LogP contribution in [0.3, 0.4) is 0 Å². The second kappa shape index (κ2) is 6.79. The van der Waals surface area contributed by atoms with Crippen molar-refractivity contribution in [2.75, 3.05) is 0 Å². The van der Waals surface area contributed by atoms with E-state index in [1.807, 2.05) is 0 Å². The van der Waals surface area contributed by atoms with E-state index in [2.05, 4.69) is 33.1 Å². The Labute approximate surface area is 86.7 Å². The van der Waals surface area contributed by atoms with Gasteiger partial charge >= 0.3 is 0 Å². The molecule has 0 aromatic heterocycles. The van der Waals surface area contributed by atoms with Crippen LogP contribution >= 0.6 is 0 Å². The number of rotatable bonds is 7. The summed E-state index contributed by atoms with van der Waals surface area (Å²) in [6, 6.07) is 1.36. The van der Waals surface area contributed by atoms with Gasteiger partial charge in [-0.2, -0.15) is 0 Å². The van der Waals surface area contributed by atoms with Crippen LogP contribution in [0.2, 0.25) is 32.2 Å². The summed E-state index contributed by atoms with van der Waals surface area (Å²) in [5.74, 6) is 0. The third kappa shape index (κ3) is 8.72. The summed E-state index contributed by atoms with van der Waals surface area (Å²) in [5, 5.41) is 0. The minimum absolute atomic E-state index is 0.793. The van der Waals surface area contributed by atoms with Crippen molar-refractivity contribution in [1.82, 2.24) is 0 Å². The molecule has 0 atom stereocenters. The van der Waals surface area contributed by atoms with Crippen molar-refractivity contribution in [3.05, 3.63) is 0 Å². The summed E-state index contributed by atoms with van der Waals surface area (Å²) in [5.41, 5.74) is 0. The van der Waals surface area contributed by atoms with Crippen LogP contribution in [0.1, 0.15) is 32.6 Å². The van der Waals surface area contributed by atoms with Crippen molar-refractivity contribution in [3.63, 3.8) is 0 Å². The molecule has 3 heteroatoms. The van der Waals surface area contributed by atoms with Crippen molar-refractivity contribution in [1.29, 1.82) is 0 Å². The van der Waals surface area contributed by atoms with Gasteiger partial charge in [0, 0.05) is 0 Å². The molecule has 0 rings (SSSR count). The van der Waals surface area contributed by atoms with Gasteiger partial charge in [-0.3, -0.25) is 0 Å². The summed E-state index contributed by atoms with van der Waals surface area (Å²) in [7, 11) is -2.05. The average Bonchev–Trinajstić information content (AvgIpc) is 1.95. The highest BCUT2D eigenvalue weighted by molar-refractivity contribution is 6.77. The highest BCUT2D eigenvalue weighted by atomic mass is 28.4. The number of hydrogen-bond donors (Lipinski definition) is 0. The van der Waals surface area contributed by atoms with Gasteiger partial charge in [-0.25, -0.2) is 0 Å². The summed E-state index contributed by atoms with van der Waals surface area (Å²) in [6.45, 7) is 11.6. The molecule has 1 nitrogen and oxygen atoms in total. The molecule has 13 heavy (non-hydrogen) atoms. The molecule has 0 saturated heterocycles. The molecule has 0 saturated carbocycles. The molecule has 0 spiro atoms. The van der Waals surface area contributed by atoms with E-state index < -0.39 is 17.4 Å². The molecule has 0 aromatic carbocycles. The van der Waals surface area contributed by atoms with Gasteiger partial charge in [0.05, 0.1) is 0 Å². The average molecular weight is 218 g/mol. The zero-order chi connectivity index (χ0) is 10.3. The lowest BCUT2D eigenvalue weighted by atomic mass is 10.2. The Hall–Kier alpha value is 0.394. The van der Waals surface area contributed by atoms with E-state index in [9.17, 15) is 0 Å². The summed E-state index contributed by atoms with van der Waals surface area (Å²) in [4.78, 5) is 0. The smallest absolute Gasteiger partial charge is 0.173 e. The second-order valence-corrected chi connectivity index (χ2v) is 11.8. The Morgan fingerprint density at radius 1 is 1.08 bits per heavy atom. The molecule has 0 amide bonds. The molecule has 0 heterocycles. The Morgan fingerprint density at radius 2 is 1.69 bits per heavy atom. The van der Waals surface area contributed by atoms with Crippen LogP contribution in [0.4, 0.5) is 0 Å². The Morgan fingerprint density at radius 3 is 2.15 bits per heavy atom. The molecular weight excluding hydrogens is 192 g/mol. The fourth-order valence-electron chi connectivity index (χ4n) is 1.67. The minimum Gasteiger partial charge on any atom is -0.458 e. The molecule has 0 N–H and O–H groups in total. The van der Waals surface area contributed by atoms with Crippen LogP contribution in [0, 0.1) is 0 Å². The maximum absolute atomic E-state index is 6.10. The van der Waals surface area contributed by atoms with Gasteiger partial charge in [-0.1, -0.05) is 32.6 Å². The van der Waals surface area contributed by atoms with E-state index in [4.69, 9.17) is 4.12 Å². The first-order chi connectivity index (χ1) is 5.98. The minimum atomic E-state index is -1.25. The van der Waals surface area contributed by atoms with Gasteiger partial charge < -0.3 is 4.12 Å². The molecule has 0 aromatic rings. The predicted octanol–water partition coefficient (Wildman–Crippen LogP) is 3.77. The quantitative estimate of drug-likeness (QED) is 0.467. The first-order valence-electron chi connectivity index (χ1n) is 5.66. The van der Waals surface area contributed by atoms with Crippen molar-refractivity contribution in [2.24, 2.45) is 0 Å². The summed E-state index contributed by atoms with van der Waals surface area (Å²) < 4.78 is 6.10. The van der Waals surface area contributed by atoms with Crippen LogP contribution in [-0.2, 0) is 4.12 Å². The number of hydrogen-bond acceptors (Lipinski definition) is 1. The lowest BCUT2D eigenvalue weighted by molar-refractivity contribution is 0.559. The monoisotopic (exact) mass is 218 g/mol. The largest absolute Gasteiger partial charge is 0.458 e. The highest BCUT2D eigenvalue weighted by Crippen LogP contribution is 2.17. The van der Waals surface area contributed by atoms with E-state index in [0.29, 0.717) is 0 Å². The van der Waals surface area contributed by atoms with Crippen molar-refractivity contribution in [3.8, 4) is 0 Å². The summed E-state index contributed by atoms with van der Waals surface area (Å²) in [6.07, 6.45) is 5.51. The van der Waals surface area contributed by atoms with Crippen LogP contribution in [-0.4, -0.2) is 17.4 Å². The lowest BCUT2D eigenvalue weighted by Crippen LogP contribution is -2.34. The van der Waals surface area contributed by atoms with E-state index in [1.165, 1.54) is 31.7 Å². The zero-order valence-electron chi connectivity index (χ0n) is 10.0. The maximum Gasteiger partial charge on any atom is 0.173 e. The zero-order valence-corrected chi connectivity index (χ0v) is 12.2. The lowest BCUT2D eigenvalue weighted by Gasteiger charge is -2.25. The van der Waals surface area contributed by atoms with Gasteiger partial charge in [-0.15, -0.1) is 0 Å². The topological polar surface area (TPSA) is 9.23 Å². The van der Waals surface area contributed by atoms with Crippen LogP contribution in [0.15, 0.2) is 0 Å². The van der Waals surface area contributed by atoms with Gasteiger partial charge in [0.15, 0.2) is 17.4 Å². The molecule has 0 aliphatic carbocycles. The Bertz CT molecular complexity index is 124. The van der Waals surface area contributed by atoms with E-state index in [0.717, 1.165) is 0 Å². The fourth-order valence-corrected chi connectivity index (χ4v) is 8.35. The summed E-state index contributed by atoms with van der Waals surface area (Å²) >= 11 is 0. The maximum atomic E-state index is 6.10. The predicted molar refractivity (Wildman–Crippen MR) is 66.4 cm³/mol. The van der Waals surface area contributed by atoms with Crippen molar-refractivity contribution >= 4 is 17.4 Å². The van der Waals surface area contributed by atoms with Crippen LogP contribution in [0.25, 0.3) is 0 Å². The van der Waals surface area contributed by atoms with Crippen LogP contribution < -0.4 is 0 Å². The van der Waals surface area contributed by atoms with E-state index in [1.54, 1.807) is 0 Å². The van der Waals surface area contributed by atoms with E-state index in [-0.39, 0.29) is 0 Å². The van der Waals surface area contributed by atoms with E-state index >= 15 is 0 Å². The molecule has 0 aliphatic heterocycles. The second-order valence-electron chi connectivity index (χ2n) is 4.74. The van der Waals surface area contributed by atoms with Gasteiger partial charge in [0.1, 0.15) is 0 Å². The molecule has 0 fully saturated rings. The first-order valence-corrected chi connectivity index (χ1v) is 11.6. The molecule has 0 aliphatic rings. The highest BCUT2D eigenvalue weighted by Gasteiger charge is 2.22. The van der Waals surface area contributed by atoms with Crippen LogP contribution in [0.5, 0.6) is 0 Å². The molecule has 0 bridgehead atoms. The Balaban J connectivity index is 3.50. The van der Waals surface area contributed by atoms with Crippen molar-refractivity contribution in [2.45, 2.75) is 64.8 Å².